The first-order valence-corrected chi connectivity index (χ1v) is 13.2. The summed E-state index contributed by atoms with van der Waals surface area (Å²) in [6.45, 7) is 13.4. The van der Waals surface area contributed by atoms with Crippen molar-refractivity contribution < 1.29 is 19.1 Å². The molecule has 2 rings (SSSR count). The number of benzene rings is 1. The quantitative estimate of drug-likeness (QED) is 0.505. The number of likely N-dealkylation sites (N-methyl/N-ethyl adjacent to an activating group) is 1. The van der Waals surface area contributed by atoms with Crippen molar-refractivity contribution in [2.24, 2.45) is 5.92 Å². The molecule has 1 aromatic rings. The molecule has 7 heteroatoms. The first-order valence-electron chi connectivity index (χ1n) is 13.2. The third-order valence-electron chi connectivity index (χ3n) is 6.44. The zero-order valence-corrected chi connectivity index (χ0v) is 22.6. The number of hydrogen-bond acceptors (Lipinski definition) is 4. The summed E-state index contributed by atoms with van der Waals surface area (Å²) in [4.78, 5) is 41.6. The van der Waals surface area contributed by atoms with Crippen LogP contribution in [0.4, 0.5) is 4.79 Å². The molecule has 3 amide bonds. The van der Waals surface area contributed by atoms with Gasteiger partial charge in [0.15, 0.2) is 0 Å². The van der Waals surface area contributed by atoms with Crippen molar-refractivity contribution in [1.29, 1.82) is 0 Å². The second-order valence-electron chi connectivity index (χ2n) is 10.8. The van der Waals surface area contributed by atoms with Crippen LogP contribution >= 0.6 is 0 Å². The minimum Gasteiger partial charge on any atom is -0.444 e. The minimum absolute atomic E-state index is 0.128. The number of amides is 3. The Balaban J connectivity index is 2.36. The lowest BCUT2D eigenvalue weighted by molar-refractivity contribution is -0.143. The van der Waals surface area contributed by atoms with Crippen LogP contribution < -0.4 is 10.6 Å². The molecular weight excluding hydrogens is 442 g/mol. The molecule has 0 bridgehead atoms. The van der Waals surface area contributed by atoms with E-state index in [9.17, 15) is 14.4 Å². The largest absolute Gasteiger partial charge is 0.444 e. The SMILES string of the molecule is CCc1ccc(C(C(=O)NC2CCCCC2)N(CC)C(=O)C(NC(=O)OC(C)(C)C)C(C)C)cc1. The summed E-state index contributed by atoms with van der Waals surface area (Å²) in [6.07, 6.45) is 5.57. The molecule has 0 heterocycles. The van der Waals surface area contributed by atoms with Gasteiger partial charge in [-0.25, -0.2) is 4.79 Å². The Hall–Kier alpha value is -2.57. The molecule has 2 N–H and O–H groups in total. The summed E-state index contributed by atoms with van der Waals surface area (Å²) in [7, 11) is 0. The van der Waals surface area contributed by atoms with Crippen LogP contribution in [0.1, 0.15) is 97.7 Å². The summed E-state index contributed by atoms with van der Waals surface area (Å²) in [5, 5.41) is 5.96. The van der Waals surface area contributed by atoms with Crippen LogP contribution in [0.15, 0.2) is 24.3 Å². The van der Waals surface area contributed by atoms with Gasteiger partial charge in [-0.05, 0) is 64.0 Å². The third kappa shape index (κ3) is 8.55. The Morgan fingerprint density at radius 2 is 1.63 bits per heavy atom. The lowest BCUT2D eigenvalue weighted by Crippen LogP contribution is -2.55. The number of carbonyl (C=O) groups excluding carboxylic acids is 3. The molecule has 7 nitrogen and oxygen atoms in total. The summed E-state index contributed by atoms with van der Waals surface area (Å²) in [6, 6.07) is 6.42. The number of alkyl carbamates (subject to hydrolysis) is 1. The van der Waals surface area contributed by atoms with E-state index in [1.165, 1.54) is 12.0 Å². The van der Waals surface area contributed by atoms with Crippen LogP contribution in [0.5, 0.6) is 0 Å². The Morgan fingerprint density at radius 1 is 1.03 bits per heavy atom. The molecule has 1 aliphatic carbocycles. The lowest BCUT2D eigenvalue weighted by atomic mass is 9.94. The van der Waals surface area contributed by atoms with Gasteiger partial charge in [-0.1, -0.05) is 64.3 Å². The van der Waals surface area contributed by atoms with E-state index in [1.807, 2.05) is 45.0 Å². The maximum atomic E-state index is 13.8. The van der Waals surface area contributed by atoms with Crippen molar-refractivity contribution in [3.63, 3.8) is 0 Å². The van der Waals surface area contributed by atoms with Gasteiger partial charge >= 0.3 is 6.09 Å². The van der Waals surface area contributed by atoms with Crippen LogP contribution in [0.25, 0.3) is 0 Å². The van der Waals surface area contributed by atoms with Crippen LogP contribution in [0, 0.1) is 5.92 Å². The Morgan fingerprint density at radius 3 is 2.11 bits per heavy atom. The fourth-order valence-corrected chi connectivity index (χ4v) is 4.53. The third-order valence-corrected chi connectivity index (χ3v) is 6.44. The first kappa shape index (κ1) is 28.7. The van der Waals surface area contributed by atoms with E-state index in [0.29, 0.717) is 6.54 Å². The van der Waals surface area contributed by atoms with Crippen molar-refractivity contribution in [2.75, 3.05) is 6.54 Å². The maximum Gasteiger partial charge on any atom is 0.408 e. The average molecular weight is 488 g/mol. The van der Waals surface area contributed by atoms with Crippen molar-refractivity contribution in [3.8, 4) is 0 Å². The second kappa shape index (κ2) is 12.9. The molecule has 0 aromatic heterocycles. The van der Waals surface area contributed by atoms with Crippen molar-refractivity contribution >= 4 is 17.9 Å². The van der Waals surface area contributed by atoms with E-state index in [1.54, 1.807) is 25.7 Å². The normalized spacial score (nSPS) is 16.3. The first-order chi connectivity index (χ1) is 16.5. The zero-order valence-electron chi connectivity index (χ0n) is 22.6. The lowest BCUT2D eigenvalue weighted by Gasteiger charge is -2.36. The van der Waals surface area contributed by atoms with E-state index >= 15 is 0 Å². The Kier molecular flexibility index (Phi) is 10.6. The van der Waals surface area contributed by atoms with Gasteiger partial charge in [0, 0.05) is 12.6 Å². The smallest absolute Gasteiger partial charge is 0.408 e. The van der Waals surface area contributed by atoms with Gasteiger partial charge in [0.2, 0.25) is 11.8 Å². The highest BCUT2D eigenvalue weighted by molar-refractivity contribution is 5.92. The number of ether oxygens (including phenoxy) is 1. The van der Waals surface area contributed by atoms with Gasteiger partial charge in [0.05, 0.1) is 0 Å². The van der Waals surface area contributed by atoms with E-state index in [2.05, 4.69) is 17.6 Å². The molecule has 0 spiro atoms. The average Bonchev–Trinajstić information content (AvgIpc) is 2.80. The summed E-state index contributed by atoms with van der Waals surface area (Å²) in [5.74, 6) is -0.651. The molecule has 196 valence electrons. The second-order valence-corrected chi connectivity index (χ2v) is 10.8. The standard InChI is InChI=1S/C28H45N3O4/c1-8-20-15-17-21(18-16-20)24(25(32)29-22-13-11-10-12-14-22)31(9-2)26(33)23(19(3)4)30-27(34)35-28(5,6)7/h15-19,22-24H,8-14H2,1-7H3,(H,29,32)(H,30,34). The summed E-state index contributed by atoms with van der Waals surface area (Å²) in [5.41, 5.74) is 1.26. The van der Waals surface area contributed by atoms with Crippen LogP contribution in [-0.4, -0.2) is 47.0 Å². The molecule has 1 saturated carbocycles. The molecule has 1 aromatic carbocycles. The van der Waals surface area contributed by atoms with Crippen LogP contribution in [-0.2, 0) is 20.7 Å². The summed E-state index contributed by atoms with van der Waals surface area (Å²) >= 11 is 0. The van der Waals surface area contributed by atoms with E-state index in [0.717, 1.165) is 37.7 Å². The van der Waals surface area contributed by atoms with Crippen LogP contribution in [0.3, 0.4) is 0 Å². The van der Waals surface area contributed by atoms with Gasteiger partial charge < -0.3 is 20.3 Å². The highest BCUT2D eigenvalue weighted by atomic mass is 16.6. The number of hydrogen-bond donors (Lipinski definition) is 2. The van der Waals surface area contributed by atoms with Gasteiger partial charge in [-0.15, -0.1) is 0 Å². The molecule has 2 unspecified atom stereocenters. The minimum atomic E-state index is -0.815. The van der Waals surface area contributed by atoms with Crippen molar-refractivity contribution in [1.82, 2.24) is 15.5 Å². The topological polar surface area (TPSA) is 87.7 Å². The Bertz CT molecular complexity index is 839. The molecule has 1 fully saturated rings. The highest BCUT2D eigenvalue weighted by Crippen LogP contribution is 2.26. The van der Waals surface area contributed by atoms with Crippen molar-refractivity contribution in [2.45, 2.75) is 111 Å². The van der Waals surface area contributed by atoms with Gasteiger partial charge in [0.1, 0.15) is 17.7 Å². The van der Waals surface area contributed by atoms with Crippen LogP contribution in [0.2, 0.25) is 0 Å². The number of nitrogens with zero attached hydrogens (tertiary/aromatic N) is 1. The zero-order chi connectivity index (χ0) is 26.2. The number of rotatable bonds is 9. The fourth-order valence-electron chi connectivity index (χ4n) is 4.53. The molecule has 0 radical (unpaired) electrons. The highest BCUT2D eigenvalue weighted by Gasteiger charge is 2.37. The predicted octanol–water partition coefficient (Wildman–Crippen LogP) is 5.14. The van der Waals surface area contributed by atoms with E-state index < -0.39 is 23.8 Å². The molecule has 35 heavy (non-hydrogen) atoms. The fraction of sp³-hybridized carbons (Fsp3) is 0.679. The number of aryl methyl sites for hydroxylation is 1. The Labute approximate surface area is 211 Å². The van der Waals surface area contributed by atoms with Gasteiger partial charge in [0.25, 0.3) is 0 Å². The summed E-state index contributed by atoms with van der Waals surface area (Å²) < 4.78 is 5.40. The van der Waals surface area contributed by atoms with Crippen molar-refractivity contribution in [3.05, 3.63) is 35.4 Å². The van der Waals surface area contributed by atoms with E-state index in [-0.39, 0.29) is 23.8 Å². The molecule has 1 aliphatic rings. The van der Waals surface area contributed by atoms with E-state index in [4.69, 9.17) is 4.74 Å². The molecule has 0 aliphatic heterocycles. The predicted molar refractivity (Wildman–Crippen MR) is 139 cm³/mol. The maximum absolute atomic E-state index is 13.8. The molecular formula is C28H45N3O4. The van der Waals surface area contributed by atoms with Gasteiger partial charge in [-0.2, -0.15) is 0 Å². The number of nitrogens with one attached hydrogen (secondary N) is 2. The van der Waals surface area contributed by atoms with Gasteiger partial charge in [-0.3, -0.25) is 9.59 Å². The number of carbonyl (C=O) groups is 3. The monoisotopic (exact) mass is 487 g/mol. The molecule has 0 saturated heterocycles. The molecule has 2 atom stereocenters.